The molecule has 0 unspecified atom stereocenters. The van der Waals surface area contributed by atoms with Crippen LogP contribution in [0.15, 0.2) is 36.8 Å². The second-order valence-corrected chi connectivity index (χ2v) is 21.9. The van der Waals surface area contributed by atoms with E-state index in [2.05, 4.69) is 63.1 Å². The molecule has 2 aromatic rings. The van der Waals surface area contributed by atoms with Crippen molar-refractivity contribution in [3.63, 3.8) is 0 Å². The number of aliphatic hydroxyl groups is 4. The monoisotopic (exact) mass is 1340 g/mol. The molecular formula is C55H85N17O22. The minimum absolute atomic E-state index is 0.0459. The number of aliphatic carboxylic acids is 2. The second-order valence-electron chi connectivity index (χ2n) is 21.9. The number of aromatic amines is 1. The van der Waals surface area contributed by atoms with Gasteiger partial charge in [-0.1, -0.05) is 26.0 Å². The average Bonchev–Trinajstić information content (AvgIpc) is 0.980. The van der Waals surface area contributed by atoms with Gasteiger partial charge in [-0.15, -0.1) is 0 Å². The highest BCUT2D eigenvalue weighted by Crippen LogP contribution is 2.14. The Balaban J connectivity index is 2.35. The lowest BCUT2D eigenvalue weighted by atomic mass is 10.0. The molecule has 1 aromatic heterocycles. The van der Waals surface area contributed by atoms with E-state index in [4.69, 9.17) is 22.9 Å². The first kappa shape index (κ1) is 80.1. The molecule has 0 aliphatic heterocycles. The number of hydrogen-bond donors (Lipinski definition) is 23. The van der Waals surface area contributed by atoms with Crippen LogP contribution < -0.4 is 81.4 Å². The van der Waals surface area contributed by atoms with Gasteiger partial charge in [0.15, 0.2) is 0 Å². The molecule has 0 aliphatic carbocycles. The molecule has 0 saturated carbocycles. The van der Waals surface area contributed by atoms with Crippen molar-refractivity contribution in [3.8, 4) is 5.75 Å². The summed E-state index contributed by atoms with van der Waals surface area (Å²) in [5.74, 6) is -19.9. The van der Waals surface area contributed by atoms with Crippen LogP contribution in [-0.2, 0) is 84.8 Å². The number of nitrogens with two attached hydrogens (primary N) is 4. The molecule has 27 N–H and O–H groups in total. The predicted octanol–water partition coefficient (Wildman–Crippen LogP) is -10.6. The number of aromatic nitrogens is 2. The molecule has 0 aliphatic rings. The number of aliphatic hydroxyl groups excluding tert-OH is 4. The SMILES string of the molecule is CC(C)[C@H](NC(=O)[C@H](CC(=O)O)NC(=O)[C@H](CC(N)=O)NC(=O)[C@@H](NC(=O)[C@H](Cc1ccc(O)cc1)NC(=O)[C@@H](NC(=O)CNC(=O)[C@H](CCC(N)=O)NC(=O)[C@H](CO)NC(=O)[C@@H](N)Cc1cnc[nH]1)[C@@H](C)O)[C@@H](C)O)C(=O)N[C@@H](CO)C(=O)N[C@@H](CCCCN)C(=O)O. The van der Waals surface area contributed by atoms with E-state index < -0.39 is 225 Å². The molecule has 522 valence electrons. The standard InChI is InChI=1S/C55H85N17O22/c1-24(2)42(52(90)69-37(22-74)51(89)64-32(55(93)94)7-5-6-14-56)71-49(87)35(18-41(81)82)65-47(85)34(17-39(59)79)67-54(92)44(26(4)76)72-48(86)33(15-27-8-10-29(77)11-9-27)66-53(91)43(25(3)75)70-40(80)20-61-46(84)31(12-13-38(58)78)63-50(88)36(21-73)68-45(83)30(57)16-28-19-60-23-62-28/h8-11,19,23-26,30-37,42-44,73-77H,5-7,12-18,20-22,56-57H2,1-4H3,(H2,58,78)(H2,59,79)(H,60,62)(H,61,84)(H,63,88)(H,64,89)(H,65,85)(H,66,91)(H,67,92)(H,68,83)(H,69,90)(H,70,80)(H,71,87)(H,72,86)(H,81,82)(H,93,94)/t25-,26-,30+,31+,32+,33+,34+,35+,36+,37+,42+,43+,44+/m1/s1. The van der Waals surface area contributed by atoms with E-state index in [0.717, 1.165) is 13.8 Å². The van der Waals surface area contributed by atoms with Gasteiger partial charge in [0, 0.05) is 31.2 Å². The number of carboxylic acid groups (broad SMARTS) is 2. The normalized spacial score (nSPS) is 15.2. The number of phenols is 1. The fourth-order valence-electron chi connectivity index (χ4n) is 8.54. The molecule has 0 bridgehead atoms. The molecule has 13 atom stereocenters. The maximum Gasteiger partial charge on any atom is 0.326 e. The zero-order chi connectivity index (χ0) is 71.1. The van der Waals surface area contributed by atoms with Crippen molar-refractivity contribution in [1.29, 1.82) is 0 Å². The number of aromatic hydroxyl groups is 1. The van der Waals surface area contributed by atoms with Gasteiger partial charge in [-0.3, -0.25) is 67.1 Å². The lowest BCUT2D eigenvalue weighted by Crippen LogP contribution is -2.63. The van der Waals surface area contributed by atoms with Crippen LogP contribution in [0.25, 0.3) is 0 Å². The molecule has 1 heterocycles. The largest absolute Gasteiger partial charge is 0.508 e. The molecule has 39 heteroatoms. The number of nitrogens with zero attached hydrogens (tertiary/aromatic N) is 1. The molecule has 0 radical (unpaired) electrons. The third-order valence-electron chi connectivity index (χ3n) is 13.7. The van der Waals surface area contributed by atoms with E-state index in [1.165, 1.54) is 50.6 Å². The van der Waals surface area contributed by atoms with Gasteiger partial charge < -0.3 is 122 Å². The van der Waals surface area contributed by atoms with Crippen molar-refractivity contribution < 1.29 is 108 Å². The van der Waals surface area contributed by atoms with Crippen LogP contribution in [0.4, 0.5) is 0 Å². The number of primary amides is 2. The first-order chi connectivity index (χ1) is 44.1. The second kappa shape index (κ2) is 40.1. The minimum Gasteiger partial charge on any atom is -0.508 e. The van der Waals surface area contributed by atoms with Gasteiger partial charge in [-0.2, -0.15) is 0 Å². The van der Waals surface area contributed by atoms with Crippen LogP contribution in [0, 0.1) is 5.92 Å². The van der Waals surface area contributed by atoms with E-state index in [-0.39, 0.29) is 30.7 Å². The summed E-state index contributed by atoms with van der Waals surface area (Å²) in [6.07, 6.45) is -4.12. The van der Waals surface area contributed by atoms with Crippen LogP contribution in [0.3, 0.4) is 0 Å². The summed E-state index contributed by atoms with van der Waals surface area (Å²) < 4.78 is 0. The van der Waals surface area contributed by atoms with Gasteiger partial charge in [0.1, 0.15) is 66.2 Å². The number of amides is 13. The van der Waals surface area contributed by atoms with Crippen LogP contribution in [0.5, 0.6) is 5.75 Å². The smallest absolute Gasteiger partial charge is 0.326 e. The Morgan fingerprint density at radius 3 is 1.49 bits per heavy atom. The van der Waals surface area contributed by atoms with Gasteiger partial charge in [-0.25, -0.2) is 9.78 Å². The number of hydrogen-bond acceptors (Lipinski definition) is 23. The molecule has 2 rings (SSSR count). The van der Waals surface area contributed by atoms with Crippen LogP contribution in [-0.4, -0.2) is 239 Å². The lowest BCUT2D eigenvalue weighted by Gasteiger charge is -2.29. The zero-order valence-corrected chi connectivity index (χ0v) is 51.8. The predicted molar refractivity (Wildman–Crippen MR) is 322 cm³/mol. The molecule has 0 spiro atoms. The Kier molecular flexibility index (Phi) is 34.2. The summed E-state index contributed by atoms with van der Waals surface area (Å²) in [4.78, 5) is 203. The van der Waals surface area contributed by atoms with Crippen molar-refractivity contribution in [3.05, 3.63) is 48.0 Å². The quantitative estimate of drug-likeness (QED) is 0.0274. The number of H-pyrrole nitrogens is 1. The number of carboxylic acids is 2. The van der Waals surface area contributed by atoms with Gasteiger partial charge in [0.05, 0.1) is 57.2 Å². The molecule has 13 amide bonds. The number of unbranched alkanes of at least 4 members (excludes halogenated alkanes) is 1. The summed E-state index contributed by atoms with van der Waals surface area (Å²) in [5.41, 5.74) is 22.7. The van der Waals surface area contributed by atoms with Gasteiger partial charge in [0.2, 0.25) is 76.8 Å². The van der Waals surface area contributed by atoms with E-state index in [0.29, 0.717) is 18.5 Å². The topological polar surface area (TPSA) is 663 Å². The summed E-state index contributed by atoms with van der Waals surface area (Å²) in [7, 11) is 0. The lowest BCUT2D eigenvalue weighted by molar-refractivity contribution is -0.143. The highest BCUT2D eigenvalue weighted by atomic mass is 16.4. The van der Waals surface area contributed by atoms with E-state index in [1.54, 1.807) is 0 Å². The number of imidazole rings is 1. The van der Waals surface area contributed by atoms with Crippen LogP contribution in [0.2, 0.25) is 0 Å². The van der Waals surface area contributed by atoms with E-state index >= 15 is 0 Å². The Hall–Kier alpha value is -9.96. The van der Waals surface area contributed by atoms with Crippen molar-refractivity contribution in [2.45, 2.75) is 164 Å². The van der Waals surface area contributed by atoms with E-state index in [9.17, 15) is 108 Å². The fraction of sp³-hybridized carbons (Fsp3) is 0.564. The highest BCUT2D eigenvalue weighted by Gasteiger charge is 2.39. The van der Waals surface area contributed by atoms with Crippen molar-refractivity contribution in [1.82, 2.24) is 68.5 Å². The van der Waals surface area contributed by atoms with Crippen molar-refractivity contribution >= 4 is 88.7 Å². The maximum absolute atomic E-state index is 14.2. The highest BCUT2D eigenvalue weighted by molar-refractivity contribution is 6.00. The first-order valence-corrected chi connectivity index (χ1v) is 29.2. The number of rotatable bonds is 43. The van der Waals surface area contributed by atoms with Crippen LogP contribution >= 0.6 is 0 Å². The summed E-state index contributed by atoms with van der Waals surface area (Å²) in [6, 6.07) is -14.6. The first-order valence-electron chi connectivity index (χ1n) is 29.2. The van der Waals surface area contributed by atoms with Gasteiger partial charge >= 0.3 is 11.9 Å². The number of nitrogens with one attached hydrogen (secondary N) is 12. The maximum atomic E-state index is 14.2. The van der Waals surface area contributed by atoms with Gasteiger partial charge in [0.25, 0.3) is 0 Å². The Morgan fingerprint density at radius 1 is 0.521 bits per heavy atom. The molecular weight excluding hydrogens is 1250 g/mol. The number of carbonyl (C=O) groups is 15. The van der Waals surface area contributed by atoms with Crippen LogP contribution in [0.1, 0.15) is 83.9 Å². The Bertz CT molecular complexity index is 2950. The summed E-state index contributed by atoms with van der Waals surface area (Å²) >= 11 is 0. The Morgan fingerprint density at radius 2 is 0.989 bits per heavy atom. The molecule has 94 heavy (non-hydrogen) atoms. The Labute approximate surface area is 536 Å². The molecule has 39 nitrogen and oxygen atoms in total. The van der Waals surface area contributed by atoms with Crippen molar-refractivity contribution in [2.24, 2.45) is 28.9 Å². The average molecular weight is 1340 g/mol. The number of carbonyl (C=O) groups excluding carboxylic acids is 13. The third-order valence-corrected chi connectivity index (χ3v) is 13.7. The van der Waals surface area contributed by atoms with E-state index in [1.807, 2.05) is 5.32 Å². The molecule has 1 aromatic carbocycles. The fourth-order valence-corrected chi connectivity index (χ4v) is 8.54. The zero-order valence-electron chi connectivity index (χ0n) is 51.8. The minimum atomic E-state index is -2.13. The summed E-state index contributed by atoms with van der Waals surface area (Å²) in [5, 5.41) is 94.7. The van der Waals surface area contributed by atoms with Crippen molar-refractivity contribution in [2.75, 3.05) is 26.3 Å². The van der Waals surface area contributed by atoms with Gasteiger partial charge in [-0.05, 0) is 69.7 Å². The third kappa shape index (κ3) is 28.3. The number of benzene rings is 1. The summed E-state index contributed by atoms with van der Waals surface area (Å²) in [6.45, 7) is 2.00. The molecule has 0 saturated heterocycles. The number of phenolic OH excluding ortho intramolecular Hbond substituents is 1. The molecule has 0 fully saturated rings.